The molecule has 0 fully saturated rings. The molecule has 1 amide bonds. The maximum absolute atomic E-state index is 10.7. The Morgan fingerprint density at radius 1 is 1.42 bits per heavy atom. The zero-order valence-electron chi connectivity index (χ0n) is 11.0. The van der Waals surface area contributed by atoms with Gasteiger partial charge in [-0.15, -0.1) is 0 Å². The fourth-order valence-corrected chi connectivity index (χ4v) is 1.57. The van der Waals surface area contributed by atoms with Crippen LogP contribution >= 0.6 is 0 Å². The lowest BCUT2D eigenvalue weighted by Crippen LogP contribution is -2.34. The topological polar surface area (TPSA) is 99.0 Å². The molecule has 19 heavy (non-hydrogen) atoms. The molecule has 0 aromatic heterocycles. The van der Waals surface area contributed by atoms with E-state index in [1.54, 1.807) is 6.92 Å². The molecule has 0 bridgehead atoms. The number of hydrogen-bond donors (Lipinski definition) is 4. The van der Waals surface area contributed by atoms with Crippen LogP contribution in [0.4, 0.5) is 0 Å². The lowest BCUT2D eigenvalue weighted by atomic mass is 10.0. The molecule has 0 aliphatic carbocycles. The fourth-order valence-electron chi connectivity index (χ4n) is 1.57. The maximum atomic E-state index is 10.7. The van der Waals surface area contributed by atoms with Gasteiger partial charge in [0.2, 0.25) is 5.91 Å². The first kappa shape index (κ1) is 15.3. The third kappa shape index (κ3) is 4.42. The van der Waals surface area contributed by atoms with E-state index in [9.17, 15) is 20.1 Å². The van der Waals surface area contributed by atoms with E-state index >= 15 is 0 Å². The SMILES string of the molecule is CCOc1cc(C(O)C(O)CNC(C)=O)ccc1O. The van der Waals surface area contributed by atoms with Gasteiger partial charge in [-0.1, -0.05) is 6.07 Å². The molecule has 2 unspecified atom stereocenters. The van der Waals surface area contributed by atoms with Crippen molar-refractivity contribution in [2.75, 3.05) is 13.2 Å². The summed E-state index contributed by atoms with van der Waals surface area (Å²) in [6.45, 7) is 3.42. The van der Waals surface area contributed by atoms with Crippen LogP contribution in [-0.2, 0) is 4.79 Å². The number of ether oxygens (including phenoxy) is 1. The average Bonchev–Trinajstić information content (AvgIpc) is 2.38. The Morgan fingerprint density at radius 3 is 2.68 bits per heavy atom. The molecule has 0 radical (unpaired) electrons. The molecule has 1 aromatic rings. The van der Waals surface area contributed by atoms with Gasteiger partial charge in [0.1, 0.15) is 12.2 Å². The van der Waals surface area contributed by atoms with Crippen molar-refractivity contribution in [1.82, 2.24) is 5.32 Å². The smallest absolute Gasteiger partial charge is 0.216 e. The van der Waals surface area contributed by atoms with Crippen molar-refractivity contribution in [3.05, 3.63) is 23.8 Å². The first-order valence-corrected chi connectivity index (χ1v) is 6.02. The number of carbonyl (C=O) groups excluding carboxylic acids is 1. The number of rotatable bonds is 6. The van der Waals surface area contributed by atoms with Crippen LogP contribution < -0.4 is 10.1 Å². The number of amides is 1. The molecule has 6 nitrogen and oxygen atoms in total. The minimum atomic E-state index is -1.17. The number of aliphatic hydroxyl groups is 2. The van der Waals surface area contributed by atoms with E-state index in [4.69, 9.17) is 4.74 Å². The lowest BCUT2D eigenvalue weighted by molar-refractivity contribution is -0.119. The summed E-state index contributed by atoms with van der Waals surface area (Å²) < 4.78 is 5.19. The van der Waals surface area contributed by atoms with Gasteiger partial charge in [0.05, 0.1) is 6.61 Å². The Balaban J connectivity index is 2.78. The third-order valence-corrected chi connectivity index (χ3v) is 2.55. The Kier molecular flexibility index (Phi) is 5.59. The number of phenols is 1. The number of benzene rings is 1. The van der Waals surface area contributed by atoms with Crippen LogP contribution in [0.2, 0.25) is 0 Å². The number of aliphatic hydroxyl groups excluding tert-OH is 2. The van der Waals surface area contributed by atoms with Gasteiger partial charge in [-0.25, -0.2) is 0 Å². The molecule has 0 spiro atoms. The summed E-state index contributed by atoms with van der Waals surface area (Å²) in [5.41, 5.74) is 0.402. The zero-order chi connectivity index (χ0) is 14.4. The van der Waals surface area contributed by atoms with E-state index in [0.29, 0.717) is 12.2 Å². The van der Waals surface area contributed by atoms with Crippen molar-refractivity contribution in [2.45, 2.75) is 26.1 Å². The van der Waals surface area contributed by atoms with Crippen molar-refractivity contribution in [3.8, 4) is 11.5 Å². The zero-order valence-corrected chi connectivity index (χ0v) is 11.0. The van der Waals surface area contributed by atoms with E-state index in [-0.39, 0.29) is 24.0 Å². The molecular formula is C13H19NO5. The number of aromatic hydroxyl groups is 1. The summed E-state index contributed by atoms with van der Waals surface area (Å²) in [5, 5.41) is 31.6. The Labute approximate surface area is 111 Å². The van der Waals surface area contributed by atoms with Crippen LogP contribution in [0.25, 0.3) is 0 Å². The molecule has 0 heterocycles. The van der Waals surface area contributed by atoms with Gasteiger partial charge in [0, 0.05) is 13.5 Å². The number of nitrogens with one attached hydrogen (secondary N) is 1. The Morgan fingerprint density at radius 2 is 2.11 bits per heavy atom. The molecule has 0 saturated carbocycles. The second-order valence-corrected chi connectivity index (χ2v) is 4.11. The molecule has 0 aliphatic heterocycles. The maximum Gasteiger partial charge on any atom is 0.216 e. The van der Waals surface area contributed by atoms with Gasteiger partial charge in [0.15, 0.2) is 11.5 Å². The van der Waals surface area contributed by atoms with E-state index in [0.717, 1.165) is 0 Å². The van der Waals surface area contributed by atoms with Gasteiger partial charge < -0.3 is 25.4 Å². The lowest BCUT2D eigenvalue weighted by Gasteiger charge is -2.19. The fraction of sp³-hybridized carbons (Fsp3) is 0.462. The Bertz CT molecular complexity index is 435. The van der Waals surface area contributed by atoms with Gasteiger partial charge in [-0.3, -0.25) is 4.79 Å². The number of phenolic OH excluding ortho intramolecular Hbond substituents is 1. The van der Waals surface area contributed by atoms with Crippen LogP contribution in [0.5, 0.6) is 11.5 Å². The van der Waals surface area contributed by atoms with E-state index < -0.39 is 12.2 Å². The standard InChI is InChI=1S/C13H19NO5/c1-3-19-12-6-9(4-5-10(12)16)13(18)11(17)7-14-8(2)15/h4-6,11,13,16-18H,3,7H2,1-2H3,(H,14,15). The number of carbonyl (C=O) groups is 1. The largest absolute Gasteiger partial charge is 0.504 e. The highest BCUT2D eigenvalue weighted by molar-refractivity contribution is 5.72. The minimum absolute atomic E-state index is 0.0332. The molecule has 0 aliphatic rings. The Hall–Kier alpha value is -1.79. The van der Waals surface area contributed by atoms with Crippen molar-refractivity contribution in [3.63, 3.8) is 0 Å². The van der Waals surface area contributed by atoms with Crippen LogP contribution in [0.3, 0.4) is 0 Å². The normalized spacial score (nSPS) is 13.7. The van der Waals surface area contributed by atoms with Crippen molar-refractivity contribution in [2.24, 2.45) is 0 Å². The highest BCUT2D eigenvalue weighted by atomic mass is 16.5. The first-order chi connectivity index (χ1) is 8.95. The van der Waals surface area contributed by atoms with Crippen LogP contribution in [-0.4, -0.2) is 40.5 Å². The molecule has 1 rings (SSSR count). The third-order valence-electron chi connectivity index (χ3n) is 2.55. The van der Waals surface area contributed by atoms with Crippen molar-refractivity contribution < 1.29 is 24.9 Å². The predicted octanol–water partition coefficient (Wildman–Crippen LogP) is 0.321. The van der Waals surface area contributed by atoms with Gasteiger partial charge in [-0.05, 0) is 24.6 Å². The summed E-state index contributed by atoms with van der Waals surface area (Å²) >= 11 is 0. The quantitative estimate of drug-likeness (QED) is 0.596. The van der Waals surface area contributed by atoms with Gasteiger partial charge >= 0.3 is 0 Å². The summed E-state index contributed by atoms with van der Waals surface area (Å²) in [6, 6.07) is 4.33. The second-order valence-electron chi connectivity index (χ2n) is 4.11. The highest BCUT2D eigenvalue weighted by Gasteiger charge is 2.20. The molecule has 4 N–H and O–H groups in total. The average molecular weight is 269 g/mol. The molecule has 1 aromatic carbocycles. The molecule has 0 saturated heterocycles. The minimum Gasteiger partial charge on any atom is -0.504 e. The second kappa shape index (κ2) is 6.96. The van der Waals surface area contributed by atoms with E-state index in [2.05, 4.69) is 5.32 Å². The summed E-state index contributed by atoms with van der Waals surface area (Å²) in [4.78, 5) is 10.7. The van der Waals surface area contributed by atoms with Gasteiger partial charge in [0.25, 0.3) is 0 Å². The van der Waals surface area contributed by atoms with E-state index in [1.165, 1.54) is 25.1 Å². The first-order valence-electron chi connectivity index (χ1n) is 6.02. The molecule has 6 heteroatoms. The predicted molar refractivity (Wildman–Crippen MR) is 68.9 cm³/mol. The summed E-state index contributed by atoms with van der Waals surface area (Å²) in [7, 11) is 0. The van der Waals surface area contributed by atoms with E-state index in [1.807, 2.05) is 0 Å². The van der Waals surface area contributed by atoms with Crippen molar-refractivity contribution >= 4 is 5.91 Å². The summed E-state index contributed by atoms with van der Waals surface area (Å²) in [6.07, 6.45) is -2.31. The summed E-state index contributed by atoms with van der Waals surface area (Å²) in [5.74, 6) is -0.0770. The molecule has 2 atom stereocenters. The van der Waals surface area contributed by atoms with Gasteiger partial charge in [-0.2, -0.15) is 0 Å². The highest BCUT2D eigenvalue weighted by Crippen LogP contribution is 2.30. The molecule has 106 valence electrons. The van der Waals surface area contributed by atoms with Crippen LogP contribution in [0.15, 0.2) is 18.2 Å². The monoisotopic (exact) mass is 269 g/mol. The molecular weight excluding hydrogens is 250 g/mol. The van der Waals surface area contributed by atoms with Crippen molar-refractivity contribution in [1.29, 1.82) is 0 Å². The van der Waals surface area contributed by atoms with Crippen LogP contribution in [0.1, 0.15) is 25.5 Å². The number of hydrogen-bond acceptors (Lipinski definition) is 5. The van der Waals surface area contributed by atoms with Crippen LogP contribution in [0, 0.1) is 0 Å².